The molecule has 0 saturated carbocycles. The van der Waals surface area contributed by atoms with Gasteiger partial charge < -0.3 is 10.1 Å². The van der Waals surface area contributed by atoms with Crippen molar-refractivity contribution in [3.63, 3.8) is 0 Å². The maximum Gasteiger partial charge on any atom is 0.255 e. The molecule has 1 aliphatic heterocycles. The first kappa shape index (κ1) is 20.1. The molecule has 4 rings (SSSR count). The summed E-state index contributed by atoms with van der Waals surface area (Å²) in [5, 5.41) is 13.7. The van der Waals surface area contributed by atoms with Crippen LogP contribution in [0.1, 0.15) is 23.2 Å². The fourth-order valence-corrected chi connectivity index (χ4v) is 4.12. The van der Waals surface area contributed by atoms with Crippen LogP contribution in [0.4, 0.5) is 5.69 Å². The second-order valence-corrected chi connectivity index (χ2v) is 8.53. The molecule has 0 radical (unpaired) electrons. The summed E-state index contributed by atoms with van der Waals surface area (Å²) in [6.45, 7) is 0.905. The van der Waals surface area contributed by atoms with Crippen LogP contribution in [0.5, 0.6) is 0 Å². The molecule has 1 atom stereocenters. The summed E-state index contributed by atoms with van der Waals surface area (Å²) in [6.07, 6.45) is 3.17. The van der Waals surface area contributed by atoms with E-state index in [0.717, 1.165) is 18.5 Å². The number of benzene rings is 2. The molecule has 156 valence electrons. The topological polar surface area (TPSA) is 128 Å². The third-order valence-corrected chi connectivity index (χ3v) is 6.13. The first-order valence-electron chi connectivity index (χ1n) is 9.37. The van der Waals surface area contributed by atoms with E-state index in [1.165, 1.54) is 35.3 Å². The molecule has 3 aromatic rings. The van der Waals surface area contributed by atoms with Gasteiger partial charge in [-0.15, -0.1) is 5.10 Å². The molecule has 30 heavy (non-hydrogen) atoms. The first-order chi connectivity index (χ1) is 14.5. The van der Waals surface area contributed by atoms with Crippen LogP contribution in [-0.4, -0.2) is 53.8 Å². The zero-order chi connectivity index (χ0) is 21.0. The number of carbonyl (C=O) groups excluding carboxylic acids is 1. The van der Waals surface area contributed by atoms with Crippen molar-refractivity contribution in [2.45, 2.75) is 23.8 Å². The van der Waals surface area contributed by atoms with E-state index in [-0.39, 0.29) is 23.5 Å². The SMILES string of the molecule is O=C(Nc1ccc(-n2cnnn2)cc1)c1ccc(S(=O)(=O)NC[C@@H]2CCCO2)cc1. The monoisotopic (exact) mass is 428 g/mol. The van der Waals surface area contributed by atoms with Crippen LogP contribution in [0.25, 0.3) is 5.69 Å². The summed E-state index contributed by atoms with van der Waals surface area (Å²) in [4.78, 5) is 12.6. The molecule has 10 nitrogen and oxygen atoms in total. The van der Waals surface area contributed by atoms with E-state index in [9.17, 15) is 13.2 Å². The second kappa shape index (κ2) is 8.69. The van der Waals surface area contributed by atoms with Gasteiger partial charge in [-0.1, -0.05) is 0 Å². The fourth-order valence-electron chi connectivity index (χ4n) is 3.06. The Morgan fingerprint density at radius 2 is 1.90 bits per heavy atom. The second-order valence-electron chi connectivity index (χ2n) is 6.77. The normalized spacial score (nSPS) is 16.5. The van der Waals surface area contributed by atoms with E-state index < -0.39 is 10.0 Å². The van der Waals surface area contributed by atoms with Crippen LogP contribution in [-0.2, 0) is 14.8 Å². The van der Waals surface area contributed by atoms with Crippen LogP contribution in [0.15, 0.2) is 59.8 Å². The molecular formula is C19H20N6O4S. The molecule has 11 heteroatoms. The fraction of sp³-hybridized carbons (Fsp3) is 0.263. The summed E-state index contributed by atoms with van der Waals surface area (Å²) < 4.78 is 34.3. The Hall–Kier alpha value is -3.15. The van der Waals surface area contributed by atoms with E-state index in [1.54, 1.807) is 24.3 Å². The summed E-state index contributed by atoms with van der Waals surface area (Å²) >= 11 is 0. The van der Waals surface area contributed by atoms with E-state index in [0.29, 0.717) is 17.9 Å². The van der Waals surface area contributed by atoms with Gasteiger partial charge in [0, 0.05) is 24.4 Å². The molecule has 0 spiro atoms. The number of amides is 1. The number of anilines is 1. The Balaban J connectivity index is 1.37. The lowest BCUT2D eigenvalue weighted by Crippen LogP contribution is -2.31. The zero-order valence-corrected chi connectivity index (χ0v) is 16.7. The number of tetrazole rings is 1. The van der Waals surface area contributed by atoms with Gasteiger partial charge in [-0.05, 0) is 71.8 Å². The maximum atomic E-state index is 12.5. The predicted molar refractivity (Wildman–Crippen MR) is 108 cm³/mol. The first-order valence-corrected chi connectivity index (χ1v) is 10.9. The molecule has 1 fully saturated rings. The Bertz CT molecular complexity index is 1090. The van der Waals surface area contributed by atoms with E-state index in [4.69, 9.17) is 4.74 Å². The van der Waals surface area contributed by atoms with Crippen molar-refractivity contribution in [1.82, 2.24) is 24.9 Å². The third-order valence-electron chi connectivity index (χ3n) is 4.69. The highest BCUT2D eigenvalue weighted by Crippen LogP contribution is 2.16. The van der Waals surface area contributed by atoms with Crippen molar-refractivity contribution in [2.24, 2.45) is 0 Å². The minimum absolute atomic E-state index is 0.0861. The zero-order valence-electron chi connectivity index (χ0n) is 15.9. The minimum Gasteiger partial charge on any atom is -0.377 e. The summed E-state index contributed by atoms with van der Waals surface area (Å²) in [7, 11) is -3.66. The van der Waals surface area contributed by atoms with Gasteiger partial charge in [0.2, 0.25) is 10.0 Å². The van der Waals surface area contributed by atoms with Crippen LogP contribution in [0, 0.1) is 0 Å². The Kier molecular flexibility index (Phi) is 5.84. The van der Waals surface area contributed by atoms with Gasteiger partial charge in [-0.25, -0.2) is 17.8 Å². The van der Waals surface area contributed by atoms with Gasteiger partial charge in [0.1, 0.15) is 6.33 Å². The Morgan fingerprint density at radius 1 is 1.13 bits per heavy atom. The van der Waals surface area contributed by atoms with E-state index in [2.05, 4.69) is 25.6 Å². The van der Waals surface area contributed by atoms with Gasteiger partial charge in [0.05, 0.1) is 16.7 Å². The van der Waals surface area contributed by atoms with Crippen molar-refractivity contribution in [3.8, 4) is 5.69 Å². The molecule has 0 bridgehead atoms. The number of carbonyl (C=O) groups is 1. The molecule has 1 amide bonds. The van der Waals surface area contributed by atoms with Crippen LogP contribution in [0.3, 0.4) is 0 Å². The summed E-state index contributed by atoms with van der Waals surface area (Å²) in [5.41, 5.74) is 1.69. The predicted octanol–water partition coefficient (Wildman–Crippen LogP) is 1.37. The minimum atomic E-state index is -3.66. The number of nitrogens with one attached hydrogen (secondary N) is 2. The summed E-state index contributed by atoms with van der Waals surface area (Å²) in [5.74, 6) is -0.346. The Labute approximate surface area is 173 Å². The van der Waals surface area contributed by atoms with Crippen molar-refractivity contribution in [1.29, 1.82) is 0 Å². The van der Waals surface area contributed by atoms with E-state index >= 15 is 0 Å². The van der Waals surface area contributed by atoms with Crippen molar-refractivity contribution in [2.75, 3.05) is 18.5 Å². The van der Waals surface area contributed by atoms with Gasteiger partial charge in [0.15, 0.2) is 0 Å². The lowest BCUT2D eigenvalue weighted by atomic mass is 10.2. The summed E-state index contributed by atoms with van der Waals surface area (Å²) in [6, 6.07) is 12.8. The molecule has 2 aromatic carbocycles. The number of hydrogen-bond acceptors (Lipinski definition) is 7. The lowest BCUT2D eigenvalue weighted by molar-refractivity contribution is 0.102. The highest BCUT2D eigenvalue weighted by Gasteiger charge is 2.20. The average molecular weight is 428 g/mol. The number of rotatable bonds is 7. The molecular weight excluding hydrogens is 408 g/mol. The Morgan fingerprint density at radius 3 is 2.53 bits per heavy atom. The highest BCUT2D eigenvalue weighted by molar-refractivity contribution is 7.89. The van der Waals surface area contributed by atoms with Crippen molar-refractivity contribution >= 4 is 21.6 Å². The van der Waals surface area contributed by atoms with Crippen molar-refractivity contribution in [3.05, 3.63) is 60.4 Å². The van der Waals surface area contributed by atoms with Crippen molar-refractivity contribution < 1.29 is 17.9 Å². The molecule has 2 heterocycles. The average Bonchev–Trinajstić information content (AvgIpc) is 3.47. The quantitative estimate of drug-likeness (QED) is 0.582. The molecule has 2 N–H and O–H groups in total. The number of hydrogen-bond donors (Lipinski definition) is 2. The number of ether oxygens (including phenoxy) is 1. The lowest BCUT2D eigenvalue weighted by Gasteiger charge is -2.12. The molecule has 1 saturated heterocycles. The van der Waals surface area contributed by atoms with Gasteiger partial charge >= 0.3 is 0 Å². The molecule has 1 aromatic heterocycles. The van der Waals surface area contributed by atoms with Gasteiger partial charge in [0.25, 0.3) is 5.91 Å². The largest absolute Gasteiger partial charge is 0.377 e. The molecule has 1 aliphatic rings. The molecule has 0 aliphatic carbocycles. The standard InChI is InChI=1S/C19H20N6O4S/c26-19(22-15-5-7-16(8-6-15)25-13-20-23-24-25)14-3-9-18(10-4-14)30(27,28)21-12-17-2-1-11-29-17/h3-10,13,17,21H,1-2,11-12H2,(H,22,26)/t17-/m0/s1. The maximum absolute atomic E-state index is 12.5. The van der Waals surface area contributed by atoms with Gasteiger partial charge in [-0.3, -0.25) is 4.79 Å². The smallest absolute Gasteiger partial charge is 0.255 e. The van der Waals surface area contributed by atoms with Crippen LogP contribution in [0.2, 0.25) is 0 Å². The highest BCUT2D eigenvalue weighted by atomic mass is 32.2. The number of sulfonamides is 1. The number of nitrogens with zero attached hydrogens (tertiary/aromatic N) is 4. The molecule has 0 unspecified atom stereocenters. The third kappa shape index (κ3) is 4.70. The van der Waals surface area contributed by atoms with Crippen LogP contribution >= 0.6 is 0 Å². The number of aromatic nitrogens is 4. The van der Waals surface area contributed by atoms with Crippen LogP contribution < -0.4 is 10.0 Å². The van der Waals surface area contributed by atoms with E-state index in [1.807, 2.05) is 0 Å². The van der Waals surface area contributed by atoms with Gasteiger partial charge in [-0.2, -0.15) is 0 Å².